The minimum atomic E-state index is -3.79. The van der Waals surface area contributed by atoms with Crippen molar-refractivity contribution >= 4 is 45.2 Å². The summed E-state index contributed by atoms with van der Waals surface area (Å²) >= 11 is 0.804. The number of rotatable bonds is 3. The van der Waals surface area contributed by atoms with Gasteiger partial charge in [0.15, 0.2) is 0 Å². The topological polar surface area (TPSA) is 99.6 Å². The maximum absolute atomic E-state index is 13.1. The first-order valence-electron chi connectivity index (χ1n) is 7.58. The van der Waals surface area contributed by atoms with Gasteiger partial charge in [0.1, 0.15) is 0 Å². The summed E-state index contributed by atoms with van der Waals surface area (Å²) in [5.74, 6) is -0.292. The lowest BCUT2D eigenvalue weighted by atomic mass is 10.2. The monoisotopic (exact) mass is 384 g/mol. The molecule has 2 N–H and O–H groups in total. The number of H-pyrrole nitrogens is 1. The van der Waals surface area contributed by atoms with Crippen LogP contribution in [-0.2, 0) is 9.84 Å². The minimum Gasteiger partial charge on any atom is -0.493 e. The van der Waals surface area contributed by atoms with E-state index in [0.717, 1.165) is 11.3 Å². The van der Waals surface area contributed by atoms with Crippen LogP contribution in [-0.4, -0.2) is 24.7 Å². The van der Waals surface area contributed by atoms with E-state index in [9.17, 15) is 18.3 Å². The Labute approximate surface area is 152 Å². The third-order valence-electron chi connectivity index (χ3n) is 3.95. The predicted octanol–water partition coefficient (Wildman–Crippen LogP) is 1.30. The van der Waals surface area contributed by atoms with Gasteiger partial charge in [0.2, 0.25) is 15.7 Å². The fourth-order valence-corrected chi connectivity index (χ4v) is 4.90. The van der Waals surface area contributed by atoms with Gasteiger partial charge in [-0.05, 0) is 36.4 Å². The summed E-state index contributed by atoms with van der Waals surface area (Å²) in [6.07, 6.45) is 4.79. The number of hydrogen-bond acceptors (Lipinski definition) is 6. The first kappa shape index (κ1) is 16.5. The number of aromatic nitrogens is 1. The normalized spacial score (nSPS) is 13.6. The molecule has 3 aromatic rings. The van der Waals surface area contributed by atoms with Gasteiger partial charge in [-0.25, -0.2) is 8.42 Å². The third kappa shape index (κ3) is 2.69. The Balaban J connectivity index is 2.07. The van der Waals surface area contributed by atoms with Crippen molar-refractivity contribution in [3.63, 3.8) is 0 Å². The Kier molecular flexibility index (Phi) is 3.86. The molecule has 26 heavy (non-hydrogen) atoms. The second kappa shape index (κ2) is 6.08. The Morgan fingerprint density at radius 3 is 2.58 bits per heavy atom. The lowest BCUT2D eigenvalue weighted by Gasteiger charge is -2.07. The maximum atomic E-state index is 13.1. The molecular formula is C18H12N2O4S2. The first-order chi connectivity index (χ1) is 12.5. The molecule has 0 bridgehead atoms. The number of aromatic amines is 1. The van der Waals surface area contributed by atoms with Gasteiger partial charge in [0.25, 0.3) is 0 Å². The van der Waals surface area contributed by atoms with Crippen LogP contribution in [0.15, 0.2) is 62.0 Å². The number of thiazole rings is 1. The van der Waals surface area contributed by atoms with E-state index in [1.165, 1.54) is 24.3 Å². The van der Waals surface area contributed by atoms with E-state index < -0.39 is 14.7 Å². The van der Waals surface area contributed by atoms with Crippen LogP contribution in [0.2, 0.25) is 0 Å². The molecule has 0 unspecified atom stereocenters. The molecule has 8 heteroatoms. The number of sulfone groups is 1. The average Bonchev–Trinajstić information content (AvgIpc) is 3.22. The lowest BCUT2D eigenvalue weighted by Crippen LogP contribution is -2.30. The number of nitrogens with zero attached hydrogens (tertiary/aromatic N) is 1. The first-order valence-corrected chi connectivity index (χ1v) is 9.88. The van der Waals surface area contributed by atoms with Crippen molar-refractivity contribution in [1.29, 1.82) is 0 Å². The van der Waals surface area contributed by atoms with E-state index in [4.69, 9.17) is 0 Å². The van der Waals surface area contributed by atoms with E-state index in [2.05, 4.69) is 9.98 Å². The van der Waals surface area contributed by atoms with Crippen LogP contribution in [0, 0.1) is 0 Å². The third-order valence-corrected chi connectivity index (χ3v) is 6.60. The molecule has 1 aliphatic heterocycles. The van der Waals surface area contributed by atoms with E-state index in [0.29, 0.717) is 16.1 Å². The Morgan fingerprint density at radius 2 is 1.88 bits per heavy atom. The van der Waals surface area contributed by atoms with Crippen LogP contribution in [0.25, 0.3) is 12.2 Å². The molecule has 0 spiro atoms. The number of nitrogens with one attached hydrogen (secondary N) is 1. The van der Waals surface area contributed by atoms with Gasteiger partial charge < -0.3 is 5.11 Å². The van der Waals surface area contributed by atoms with Gasteiger partial charge in [-0.2, -0.15) is 0 Å². The zero-order valence-corrected chi connectivity index (χ0v) is 14.8. The molecular weight excluding hydrogens is 372 g/mol. The SMILES string of the molecule is O=c1[nH]c(O)c(C=c2c(S(=O)(=O)c3ccccc3)ccc3c2=CC=N3)s1. The minimum absolute atomic E-state index is 0.0875. The van der Waals surface area contributed by atoms with Crippen LogP contribution in [0.5, 0.6) is 5.88 Å². The molecule has 0 aliphatic carbocycles. The summed E-state index contributed by atoms with van der Waals surface area (Å²) in [5, 5.41) is 10.9. The standard InChI is InChI=1S/C18H12N2O4S2/c21-17-15(25-18(22)20-17)10-13-12-8-9-19-14(12)6-7-16(13)26(23,24)11-4-2-1-3-5-11/h1-10,21H,(H,20,22). The molecule has 0 amide bonds. The summed E-state index contributed by atoms with van der Waals surface area (Å²) in [6, 6.07) is 11.2. The van der Waals surface area contributed by atoms with Gasteiger partial charge in [-0.3, -0.25) is 14.8 Å². The van der Waals surface area contributed by atoms with Crippen molar-refractivity contribution in [3.05, 3.63) is 67.4 Å². The molecule has 0 radical (unpaired) electrons. The smallest absolute Gasteiger partial charge is 0.307 e. The van der Waals surface area contributed by atoms with Crippen molar-refractivity contribution < 1.29 is 13.5 Å². The molecule has 1 aromatic heterocycles. The summed E-state index contributed by atoms with van der Waals surface area (Å²) in [6.45, 7) is 0. The molecule has 4 rings (SSSR count). The van der Waals surface area contributed by atoms with Crippen molar-refractivity contribution in [2.24, 2.45) is 4.99 Å². The lowest BCUT2D eigenvalue weighted by molar-refractivity contribution is 0.455. The van der Waals surface area contributed by atoms with Crippen LogP contribution >= 0.6 is 11.3 Å². The van der Waals surface area contributed by atoms with Gasteiger partial charge in [0, 0.05) is 16.7 Å². The second-order valence-electron chi connectivity index (χ2n) is 5.54. The highest BCUT2D eigenvalue weighted by Gasteiger charge is 2.21. The fourth-order valence-electron chi connectivity index (χ4n) is 2.76. The van der Waals surface area contributed by atoms with Crippen LogP contribution in [0.3, 0.4) is 0 Å². The quantitative estimate of drug-likeness (QED) is 0.711. The predicted molar refractivity (Wildman–Crippen MR) is 100 cm³/mol. The summed E-state index contributed by atoms with van der Waals surface area (Å²) in [7, 11) is -3.79. The molecule has 1 aliphatic rings. The van der Waals surface area contributed by atoms with Crippen molar-refractivity contribution in [2.45, 2.75) is 9.79 Å². The highest BCUT2D eigenvalue weighted by Crippen LogP contribution is 2.21. The summed E-state index contributed by atoms with van der Waals surface area (Å²) in [5.41, 5.74) is 0.630. The van der Waals surface area contributed by atoms with Crippen molar-refractivity contribution in [1.82, 2.24) is 4.98 Å². The van der Waals surface area contributed by atoms with E-state index >= 15 is 0 Å². The molecule has 2 heterocycles. The van der Waals surface area contributed by atoms with Crippen molar-refractivity contribution in [3.8, 4) is 5.88 Å². The molecule has 0 saturated heterocycles. The molecule has 0 fully saturated rings. The highest BCUT2D eigenvalue weighted by molar-refractivity contribution is 7.91. The van der Waals surface area contributed by atoms with E-state index in [1.807, 2.05) is 0 Å². The molecule has 130 valence electrons. The summed E-state index contributed by atoms with van der Waals surface area (Å²) < 4.78 is 26.3. The maximum Gasteiger partial charge on any atom is 0.307 e. The number of fused-ring (bicyclic) bond motifs is 1. The number of aliphatic imine (C=N–C) groups is 1. The van der Waals surface area contributed by atoms with Gasteiger partial charge in [0.05, 0.1) is 20.4 Å². The van der Waals surface area contributed by atoms with Gasteiger partial charge >= 0.3 is 4.87 Å². The largest absolute Gasteiger partial charge is 0.493 e. The molecule has 0 saturated carbocycles. The van der Waals surface area contributed by atoms with Crippen molar-refractivity contribution in [2.75, 3.05) is 0 Å². The number of hydrogen-bond donors (Lipinski definition) is 2. The Bertz CT molecular complexity index is 1320. The van der Waals surface area contributed by atoms with Crippen LogP contribution in [0.1, 0.15) is 4.88 Å². The van der Waals surface area contributed by atoms with Crippen LogP contribution < -0.4 is 15.3 Å². The van der Waals surface area contributed by atoms with E-state index in [1.54, 1.807) is 36.6 Å². The van der Waals surface area contributed by atoms with Gasteiger partial charge in [-0.15, -0.1) is 0 Å². The fraction of sp³-hybridized carbons (Fsp3) is 0. The average molecular weight is 384 g/mol. The molecule has 2 aromatic carbocycles. The molecule has 6 nitrogen and oxygen atoms in total. The second-order valence-corrected chi connectivity index (χ2v) is 8.48. The highest BCUT2D eigenvalue weighted by atomic mass is 32.2. The van der Waals surface area contributed by atoms with Gasteiger partial charge in [-0.1, -0.05) is 29.5 Å². The van der Waals surface area contributed by atoms with E-state index in [-0.39, 0.29) is 20.5 Å². The Morgan fingerprint density at radius 1 is 1.12 bits per heavy atom. The number of benzene rings is 2. The zero-order chi connectivity index (χ0) is 18.3. The molecule has 0 atom stereocenters. The number of aromatic hydroxyl groups is 1. The Hall–Kier alpha value is -2.97. The van der Waals surface area contributed by atoms with Crippen LogP contribution in [0.4, 0.5) is 5.69 Å². The summed E-state index contributed by atoms with van der Waals surface area (Å²) in [4.78, 5) is 18.0. The zero-order valence-electron chi connectivity index (χ0n) is 13.2.